The molecule has 0 amide bonds. The minimum absolute atomic E-state index is 0.0615. The first-order chi connectivity index (χ1) is 8.16. The minimum atomic E-state index is -0.239. The molecule has 0 saturated carbocycles. The zero-order chi connectivity index (χ0) is 12.3. The summed E-state index contributed by atoms with van der Waals surface area (Å²) in [5.41, 5.74) is 0.698. The highest BCUT2D eigenvalue weighted by Gasteiger charge is 2.18. The van der Waals surface area contributed by atoms with Crippen LogP contribution >= 0.6 is 11.8 Å². The van der Waals surface area contributed by atoms with Gasteiger partial charge in [-0.1, -0.05) is 42.1 Å². The lowest BCUT2D eigenvalue weighted by Gasteiger charge is -2.06. The molecule has 1 atom stereocenters. The first-order valence-electron chi connectivity index (χ1n) is 5.23. The average Bonchev–Trinajstić information content (AvgIpc) is 2.75. The number of carbonyl (C=O) groups is 1. The molecule has 1 unspecified atom stereocenters. The number of ketones is 1. The Hall–Kier alpha value is -1.62. The first kappa shape index (κ1) is 11.9. The number of hydrogen-bond donors (Lipinski definition) is 0. The molecule has 88 valence electrons. The second kappa shape index (κ2) is 5.14. The zero-order valence-corrected chi connectivity index (χ0v) is 10.4. The molecule has 0 N–H and O–H groups in total. The Labute approximate surface area is 103 Å². The number of hydrogen-bond acceptors (Lipinski definition) is 5. The van der Waals surface area contributed by atoms with E-state index in [1.54, 1.807) is 19.1 Å². The topological polar surface area (TPSA) is 56.0 Å². The number of rotatable bonds is 4. The Morgan fingerprint density at radius 3 is 2.59 bits per heavy atom. The number of thioether (sulfide) groups is 1. The summed E-state index contributed by atoms with van der Waals surface area (Å²) in [7, 11) is 0. The highest BCUT2D eigenvalue weighted by atomic mass is 32.2. The van der Waals surface area contributed by atoms with E-state index in [0.717, 1.165) is 0 Å². The predicted octanol–water partition coefficient (Wildman–Crippen LogP) is 2.74. The molecule has 2 rings (SSSR count). The second-order valence-corrected chi connectivity index (χ2v) is 4.87. The third kappa shape index (κ3) is 2.94. The Morgan fingerprint density at radius 1 is 1.29 bits per heavy atom. The van der Waals surface area contributed by atoms with E-state index in [0.29, 0.717) is 16.7 Å². The molecule has 0 spiro atoms. The third-order valence-corrected chi connectivity index (χ3v) is 3.15. The van der Waals surface area contributed by atoms with E-state index in [1.807, 2.05) is 25.1 Å². The Bertz CT molecular complexity index is 510. The Kier molecular flexibility index (Phi) is 3.58. The minimum Gasteiger partial charge on any atom is -0.416 e. The molecule has 1 heterocycles. The molecule has 0 fully saturated rings. The maximum absolute atomic E-state index is 12.0. The van der Waals surface area contributed by atoms with Gasteiger partial charge in [-0.25, -0.2) is 0 Å². The van der Waals surface area contributed by atoms with Crippen LogP contribution in [-0.2, 0) is 0 Å². The molecular weight excluding hydrogens is 236 g/mol. The fraction of sp³-hybridized carbons (Fsp3) is 0.250. The van der Waals surface area contributed by atoms with Gasteiger partial charge in [0.2, 0.25) is 5.89 Å². The fourth-order valence-corrected chi connectivity index (χ4v) is 2.17. The van der Waals surface area contributed by atoms with Crippen molar-refractivity contribution < 1.29 is 9.21 Å². The summed E-state index contributed by atoms with van der Waals surface area (Å²) in [5, 5.41) is 7.77. The quantitative estimate of drug-likeness (QED) is 0.615. The van der Waals surface area contributed by atoms with Crippen LogP contribution in [0.1, 0.15) is 23.2 Å². The summed E-state index contributed by atoms with van der Waals surface area (Å²) in [4.78, 5) is 12.0. The van der Waals surface area contributed by atoms with Gasteiger partial charge in [0.1, 0.15) is 0 Å². The van der Waals surface area contributed by atoms with Crippen molar-refractivity contribution >= 4 is 17.5 Å². The lowest BCUT2D eigenvalue weighted by atomic mass is 10.1. The van der Waals surface area contributed by atoms with Crippen molar-refractivity contribution in [3.05, 3.63) is 41.8 Å². The zero-order valence-electron chi connectivity index (χ0n) is 9.58. The van der Waals surface area contributed by atoms with Crippen LogP contribution in [-0.4, -0.2) is 21.2 Å². The molecule has 1 aromatic carbocycles. The Morgan fingerprint density at radius 2 is 2.00 bits per heavy atom. The van der Waals surface area contributed by atoms with Crippen LogP contribution in [0.3, 0.4) is 0 Å². The van der Waals surface area contributed by atoms with Crippen LogP contribution in [0.5, 0.6) is 0 Å². The smallest absolute Gasteiger partial charge is 0.277 e. The molecule has 0 aliphatic heterocycles. The third-order valence-electron chi connectivity index (χ3n) is 2.21. The van der Waals surface area contributed by atoms with Gasteiger partial charge in [0.15, 0.2) is 5.78 Å². The van der Waals surface area contributed by atoms with Gasteiger partial charge in [0, 0.05) is 12.5 Å². The van der Waals surface area contributed by atoms with Crippen LogP contribution in [0, 0.1) is 6.92 Å². The molecular formula is C12H12N2O2S. The van der Waals surface area contributed by atoms with Gasteiger partial charge in [-0.05, 0) is 6.92 Å². The molecule has 5 heteroatoms. The summed E-state index contributed by atoms with van der Waals surface area (Å²) in [6.45, 7) is 3.56. The van der Waals surface area contributed by atoms with Gasteiger partial charge >= 0.3 is 0 Å². The molecule has 17 heavy (non-hydrogen) atoms. The van der Waals surface area contributed by atoms with Crippen molar-refractivity contribution in [3.63, 3.8) is 0 Å². The maximum atomic E-state index is 12.0. The largest absolute Gasteiger partial charge is 0.416 e. The monoisotopic (exact) mass is 248 g/mol. The van der Waals surface area contributed by atoms with Crippen molar-refractivity contribution in [2.45, 2.75) is 24.3 Å². The predicted molar refractivity (Wildman–Crippen MR) is 65.1 cm³/mol. The van der Waals surface area contributed by atoms with Crippen LogP contribution < -0.4 is 0 Å². The van der Waals surface area contributed by atoms with E-state index < -0.39 is 0 Å². The van der Waals surface area contributed by atoms with Gasteiger partial charge < -0.3 is 4.42 Å². The number of aryl methyl sites for hydroxylation is 1. The summed E-state index contributed by atoms with van der Waals surface area (Å²) in [5.74, 6) is 0.568. The van der Waals surface area contributed by atoms with Crippen LogP contribution in [0.25, 0.3) is 0 Å². The maximum Gasteiger partial charge on any atom is 0.277 e. The molecule has 0 aliphatic rings. The lowest BCUT2D eigenvalue weighted by Crippen LogP contribution is -2.13. The highest BCUT2D eigenvalue weighted by molar-refractivity contribution is 8.00. The van der Waals surface area contributed by atoms with Gasteiger partial charge in [-0.15, -0.1) is 10.2 Å². The molecule has 0 saturated heterocycles. The first-order valence-corrected chi connectivity index (χ1v) is 6.11. The molecule has 1 aromatic heterocycles. The molecule has 0 aliphatic carbocycles. The van der Waals surface area contributed by atoms with Crippen LogP contribution in [0.4, 0.5) is 0 Å². The van der Waals surface area contributed by atoms with Crippen molar-refractivity contribution in [1.82, 2.24) is 10.2 Å². The van der Waals surface area contributed by atoms with E-state index in [9.17, 15) is 4.79 Å². The Balaban J connectivity index is 2.06. The summed E-state index contributed by atoms with van der Waals surface area (Å²) < 4.78 is 5.23. The van der Waals surface area contributed by atoms with E-state index in [-0.39, 0.29) is 11.0 Å². The summed E-state index contributed by atoms with van der Waals surface area (Å²) in [6, 6.07) is 9.19. The molecule has 0 bridgehead atoms. The van der Waals surface area contributed by atoms with Crippen molar-refractivity contribution in [3.8, 4) is 0 Å². The fourth-order valence-electron chi connectivity index (χ4n) is 1.37. The van der Waals surface area contributed by atoms with Gasteiger partial charge in [0.25, 0.3) is 5.22 Å². The van der Waals surface area contributed by atoms with E-state index in [2.05, 4.69) is 10.2 Å². The highest BCUT2D eigenvalue weighted by Crippen LogP contribution is 2.24. The van der Waals surface area contributed by atoms with Gasteiger partial charge in [-0.3, -0.25) is 4.79 Å². The van der Waals surface area contributed by atoms with Gasteiger partial charge in [0.05, 0.1) is 5.25 Å². The number of carbonyl (C=O) groups excluding carboxylic acids is 1. The number of aromatic nitrogens is 2. The average molecular weight is 248 g/mol. The normalized spacial score (nSPS) is 12.4. The SMILES string of the molecule is Cc1nnc(SC(C)C(=O)c2ccccc2)o1. The molecule has 2 aromatic rings. The van der Waals surface area contributed by atoms with Gasteiger partial charge in [-0.2, -0.15) is 0 Å². The molecule has 4 nitrogen and oxygen atoms in total. The summed E-state index contributed by atoms with van der Waals surface area (Å²) in [6.07, 6.45) is 0. The van der Waals surface area contributed by atoms with E-state index >= 15 is 0 Å². The number of benzene rings is 1. The second-order valence-electron chi connectivity index (χ2n) is 3.58. The van der Waals surface area contributed by atoms with Crippen LogP contribution in [0.15, 0.2) is 40.0 Å². The number of nitrogens with zero attached hydrogens (tertiary/aromatic N) is 2. The van der Waals surface area contributed by atoms with E-state index in [4.69, 9.17) is 4.42 Å². The number of Topliss-reactive ketones (excluding diaryl/α,β-unsaturated/α-hetero) is 1. The van der Waals surface area contributed by atoms with Crippen molar-refractivity contribution in [2.75, 3.05) is 0 Å². The lowest BCUT2D eigenvalue weighted by molar-refractivity contribution is 0.0993. The summed E-state index contributed by atoms with van der Waals surface area (Å²) >= 11 is 1.28. The van der Waals surface area contributed by atoms with Crippen molar-refractivity contribution in [2.24, 2.45) is 0 Å². The van der Waals surface area contributed by atoms with Crippen molar-refractivity contribution in [1.29, 1.82) is 0 Å². The van der Waals surface area contributed by atoms with Crippen LogP contribution in [0.2, 0.25) is 0 Å². The standard InChI is InChI=1S/C12H12N2O2S/c1-8(17-12-14-13-9(2)16-12)11(15)10-6-4-3-5-7-10/h3-8H,1-2H3. The van der Waals surface area contributed by atoms with E-state index in [1.165, 1.54) is 11.8 Å². The molecule has 0 radical (unpaired) electrons.